The van der Waals surface area contributed by atoms with Crippen molar-refractivity contribution in [2.24, 2.45) is 5.41 Å². The van der Waals surface area contributed by atoms with E-state index in [4.69, 9.17) is 14.2 Å². The summed E-state index contributed by atoms with van der Waals surface area (Å²) in [5.74, 6) is 4.73. The van der Waals surface area contributed by atoms with Gasteiger partial charge in [-0.25, -0.2) is 4.39 Å². The molecule has 1 saturated carbocycles. The molecule has 0 atom stereocenters. The second-order valence-electron chi connectivity index (χ2n) is 13.5. The van der Waals surface area contributed by atoms with E-state index in [-0.39, 0.29) is 48.4 Å². The summed E-state index contributed by atoms with van der Waals surface area (Å²) in [6.07, 6.45) is 1.03. The Bertz CT molecular complexity index is 1710. The van der Waals surface area contributed by atoms with Gasteiger partial charge in [-0.05, 0) is 61.6 Å². The quantitative estimate of drug-likeness (QED) is 0.114. The number of amides is 1. The average molecular weight is 717 g/mol. The van der Waals surface area contributed by atoms with Gasteiger partial charge in [-0.2, -0.15) is 13.2 Å². The van der Waals surface area contributed by atoms with Crippen LogP contribution < -0.4 is 20.7 Å². The molecule has 3 N–H and O–H groups in total. The smallest absolute Gasteiger partial charge is 0.393 e. The standard InChI is InChI=1S/C37H44F4N4O4S/c1-42-35(46)27-19-32(49-18-17-47-2)31(20-29(27)38)43-14-4-7-33-28(21-37(39,40)41)26-5-3-6-30(34(26)50-33)44-24-8-10-25(11-9-24)45-22-36(23-45)12-15-48-16-13-36/h3,5-6,19-20,24-25,43-44H,8-18,21-23H2,1-2H3,(H,42,46). The third-order valence-corrected chi connectivity index (χ3v) is 11.3. The van der Waals surface area contributed by atoms with E-state index in [9.17, 15) is 22.4 Å². The summed E-state index contributed by atoms with van der Waals surface area (Å²) >= 11 is 1.26. The fourth-order valence-corrected chi connectivity index (χ4v) is 8.55. The molecule has 1 aromatic heterocycles. The third-order valence-electron chi connectivity index (χ3n) is 10.1. The highest BCUT2D eigenvalue weighted by atomic mass is 32.1. The number of anilines is 2. The minimum Gasteiger partial charge on any atom is -0.489 e. The zero-order chi connectivity index (χ0) is 35.3. The Hall–Kier alpha value is -3.57. The maximum atomic E-state index is 14.8. The number of hydrogen-bond donors (Lipinski definition) is 3. The molecule has 50 heavy (non-hydrogen) atoms. The number of ether oxygens (including phenoxy) is 3. The number of thiophene rings is 1. The van der Waals surface area contributed by atoms with E-state index < -0.39 is 24.3 Å². The van der Waals surface area contributed by atoms with Crippen molar-refractivity contribution in [1.29, 1.82) is 0 Å². The van der Waals surface area contributed by atoms with Gasteiger partial charge in [-0.15, -0.1) is 11.3 Å². The lowest BCUT2D eigenvalue weighted by Gasteiger charge is -2.56. The highest BCUT2D eigenvalue weighted by Gasteiger charge is 2.46. The van der Waals surface area contributed by atoms with Crippen LogP contribution in [0.5, 0.6) is 5.75 Å². The largest absolute Gasteiger partial charge is 0.489 e. The number of rotatable bonds is 11. The van der Waals surface area contributed by atoms with Crippen molar-refractivity contribution in [2.75, 3.05) is 70.9 Å². The van der Waals surface area contributed by atoms with Crippen LogP contribution in [0.25, 0.3) is 10.1 Å². The Morgan fingerprint density at radius 1 is 1.10 bits per heavy atom. The summed E-state index contributed by atoms with van der Waals surface area (Å²) in [5, 5.41) is 9.60. The molecule has 8 nitrogen and oxygen atoms in total. The van der Waals surface area contributed by atoms with Gasteiger partial charge in [-0.3, -0.25) is 9.69 Å². The zero-order valence-corrected chi connectivity index (χ0v) is 29.3. The number of halogens is 4. The molecule has 3 aliphatic rings. The average Bonchev–Trinajstić information content (AvgIpc) is 3.43. The van der Waals surface area contributed by atoms with Gasteiger partial charge in [0, 0.05) is 64.0 Å². The van der Waals surface area contributed by atoms with E-state index in [2.05, 4.69) is 32.7 Å². The Kier molecular flexibility index (Phi) is 11.4. The molecule has 3 heterocycles. The lowest BCUT2D eigenvalue weighted by atomic mass is 9.71. The molecular formula is C37H44F4N4O4S. The molecule has 0 radical (unpaired) electrons. The highest BCUT2D eigenvalue weighted by Crippen LogP contribution is 2.44. The first-order valence-electron chi connectivity index (χ1n) is 17.2. The van der Waals surface area contributed by atoms with Crippen molar-refractivity contribution in [3.8, 4) is 17.6 Å². The van der Waals surface area contributed by atoms with Crippen LogP contribution in [0, 0.1) is 23.1 Å². The van der Waals surface area contributed by atoms with Gasteiger partial charge in [-0.1, -0.05) is 24.0 Å². The minimum atomic E-state index is -4.41. The lowest BCUT2D eigenvalue weighted by Crippen LogP contribution is -2.62. The number of benzene rings is 2. The van der Waals surface area contributed by atoms with Gasteiger partial charge < -0.3 is 30.2 Å². The number of methoxy groups -OCH3 is 1. The van der Waals surface area contributed by atoms with E-state index >= 15 is 0 Å². The molecule has 1 spiro atoms. The van der Waals surface area contributed by atoms with Crippen molar-refractivity contribution < 1.29 is 36.6 Å². The molecule has 2 saturated heterocycles. The number of hydrogen-bond acceptors (Lipinski definition) is 8. The van der Waals surface area contributed by atoms with Gasteiger partial charge in [0.15, 0.2) is 0 Å². The number of nitrogens with zero attached hydrogens (tertiary/aromatic N) is 1. The Labute approximate surface area is 294 Å². The van der Waals surface area contributed by atoms with Crippen LogP contribution in [0.15, 0.2) is 30.3 Å². The topological polar surface area (TPSA) is 84.1 Å². The van der Waals surface area contributed by atoms with Crippen molar-refractivity contribution >= 4 is 38.7 Å². The fourth-order valence-electron chi connectivity index (χ4n) is 7.38. The molecule has 270 valence electrons. The summed E-state index contributed by atoms with van der Waals surface area (Å²) in [5.41, 5.74) is 1.51. The van der Waals surface area contributed by atoms with Crippen molar-refractivity contribution in [3.05, 3.63) is 52.2 Å². The van der Waals surface area contributed by atoms with Gasteiger partial charge in [0.2, 0.25) is 0 Å². The van der Waals surface area contributed by atoms with Crippen LogP contribution in [-0.4, -0.2) is 89.3 Å². The molecule has 6 rings (SSSR count). The van der Waals surface area contributed by atoms with Crippen molar-refractivity contribution in [1.82, 2.24) is 10.2 Å². The van der Waals surface area contributed by atoms with Crippen LogP contribution in [0.2, 0.25) is 0 Å². The maximum absolute atomic E-state index is 14.8. The molecular weight excluding hydrogens is 672 g/mol. The van der Waals surface area contributed by atoms with Gasteiger partial charge in [0.1, 0.15) is 18.2 Å². The number of likely N-dealkylation sites (tertiary alicyclic amines) is 1. The van der Waals surface area contributed by atoms with Crippen LogP contribution in [0.1, 0.15) is 59.3 Å². The van der Waals surface area contributed by atoms with Crippen LogP contribution in [0.4, 0.5) is 28.9 Å². The predicted molar refractivity (Wildman–Crippen MR) is 188 cm³/mol. The summed E-state index contributed by atoms with van der Waals surface area (Å²) in [4.78, 5) is 15.1. The van der Waals surface area contributed by atoms with Crippen LogP contribution in [0.3, 0.4) is 0 Å². The first kappa shape index (κ1) is 36.2. The molecule has 3 aromatic rings. The van der Waals surface area contributed by atoms with E-state index in [0.717, 1.165) is 68.2 Å². The first-order valence-corrected chi connectivity index (χ1v) is 18.0. The SMILES string of the molecule is CNC(=O)c1cc(OCCOC)c(NCC#Cc2sc3c(NC4CCC(N5CC6(CCOCC6)C5)CC4)cccc3c2CC(F)(F)F)cc1F. The molecule has 3 fully saturated rings. The second kappa shape index (κ2) is 15.8. The summed E-state index contributed by atoms with van der Waals surface area (Å²) in [6.45, 7) is 4.50. The predicted octanol–water partition coefficient (Wildman–Crippen LogP) is 6.83. The minimum absolute atomic E-state index is 0.000630. The monoisotopic (exact) mass is 716 g/mol. The zero-order valence-electron chi connectivity index (χ0n) is 28.4. The first-order chi connectivity index (χ1) is 24.1. The molecule has 2 aromatic carbocycles. The maximum Gasteiger partial charge on any atom is 0.393 e. The normalized spacial score (nSPS) is 20.5. The van der Waals surface area contributed by atoms with E-state index in [1.54, 1.807) is 12.1 Å². The van der Waals surface area contributed by atoms with Crippen molar-refractivity contribution in [2.45, 2.75) is 63.2 Å². The third kappa shape index (κ3) is 8.48. The Morgan fingerprint density at radius 3 is 2.56 bits per heavy atom. The molecule has 13 heteroatoms. The molecule has 0 bridgehead atoms. The van der Waals surface area contributed by atoms with Gasteiger partial charge >= 0.3 is 6.18 Å². The van der Waals surface area contributed by atoms with E-state index in [0.29, 0.717) is 21.7 Å². The van der Waals surface area contributed by atoms with Crippen LogP contribution in [-0.2, 0) is 15.9 Å². The fraction of sp³-hybridized carbons (Fsp3) is 0.541. The number of fused-ring (bicyclic) bond motifs is 1. The van der Waals surface area contributed by atoms with E-state index in [1.165, 1.54) is 44.7 Å². The Balaban J connectivity index is 1.15. The Morgan fingerprint density at radius 2 is 1.86 bits per heavy atom. The van der Waals surface area contributed by atoms with Crippen LogP contribution >= 0.6 is 11.3 Å². The van der Waals surface area contributed by atoms with Gasteiger partial charge in [0.05, 0.1) is 46.1 Å². The number of alkyl halides is 3. The molecule has 0 unspecified atom stereocenters. The summed E-state index contributed by atoms with van der Waals surface area (Å²) in [7, 11) is 2.91. The second-order valence-corrected chi connectivity index (χ2v) is 14.5. The summed E-state index contributed by atoms with van der Waals surface area (Å²) in [6, 6.07) is 8.74. The number of nitrogens with one attached hydrogen (secondary N) is 3. The highest BCUT2D eigenvalue weighted by molar-refractivity contribution is 7.20. The van der Waals surface area contributed by atoms with E-state index in [1.807, 2.05) is 6.07 Å². The van der Waals surface area contributed by atoms with Crippen molar-refractivity contribution in [3.63, 3.8) is 0 Å². The molecule has 2 aliphatic heterocycles. The summed E-state index contributed by atoms with van der Waals surface area (Å²) < 4.78 is 73.3. The number of carbonyl (C=O) groups excluding carboxylic acids is 1. The molecule has 1 aliphatic carbocycles. The van der Waals surface area contributed by atoms with Gasteiger partial charge in [0.25, 0.3) is 5.91 Å². The molecule has 1 amide bonds. The lowest BCUT2D eigenvalue weighted by molar-refractivity contribution is -0.126. The number of carbonyl (C=O) groups is 1.